The van der Waals surface area contributed by atoms with Crippen LogP contribution in [0.25, 0.3) is 0 Å². The van der Waals surface area contributed by atoms with Crippen molar-refractivity contribution in [1.29, 1.82) is 0 Å². The van der Waals surface area contributed by atoms with E-state index in [2.05, 4.69) is 9.97 Å². The van der Waals surface area contributed by atoms with Gasteiger partial charge in [0.05, 0.1) is 5.41 Å². The Morgan fingerprint density at radius 2 is 2.29 bits per heavy atom. The molecule has 1 fully saturated rings. The lowest BCUT2D eigenvalue weighted by atomic mass is 9.89. The van der Waals surface area contributed by atoms with Gasteiger partial charge in [0.1, 0.15) is 11.0 Å². The minimum absolute atomic E-state index is 0.125. The first-order chi connectivity index (χ1) is 7.90. The lowest BCUT2D eigenvalue weighted by Gasteiger charge is -2.21. The Hall–Kier alpha value is -1.56. The van der Waals surface area contributed by atoms with E-state index >= 15 is 0 Å². The van der Waals surface area contributed by atoms with E-state index in [4.69, 9.17) is 23.1 Å². The van der Waals surface area contributed by atoms with Gasteiger partial charge in [-0.15, -0.1) is 0 Å². The van der Waals surface area contributed by atoms with E-state index < -0.39 is 5.41 Å². The van der Waals surface area contributed by atoms with E-state index in [1.165, 1.54) is 0 Å². The summed E-state index contributed by atoms with van der Waals surface area (Å²) in [6.45, 7) is 3.07. The molecule has 0 spiro atoms. The van der Waals surface area contributed by atoms with Crippen molar-refractivity contribution in [1.82, 2.24) is 9.97 Å². The molecule has 2 rings (SSSR count). The highest BCUT2D eigenvalue weighted by molar-refractivity contribution is 6.29. The fourth-order valence-corrected chi connectivity index (χ4v) is 2.13. The lowest BCUT2D eigenvalue weighted by Crippen LogP contribution is -2.37. The second kappa shape index (κ2) is 4.03. The molecule has 6 nitrogen and oxygen atoms in total. The Balaban J connectivity index is 2.23. The zero-order valence-corrected chi connectivity index (χ0v) is 10.2. The predicted molar refractivity (Wildman–Crippen MR) is 65.6 cm³/mol. The highest BCUT2D eigenvalue weighted by Crippen LogP contribution is 2.32. The smallest absolute Gasteiger partial charge is 0.225 e. The first kappa shape index (κ1) is 11.9. The highest BCUT2D eigenvalue weighted by Gasteiger charge is 2.39. The first-order valence-electron chi connectivity index (χ1n) is 5.26. The Kier molecular flexibility index (Phi) is 2.82. The number of hydrogen-bond acceptors (Lipinski definition) is 5. The largest absolute Gasteiger partial charge is 0.369 e. The van der Waals surface area contributed by atoms with Crippen molar-refractivity contribution in [3.63, 3.8) is 0 Å². The van der Waals surface area contributed by atoms with Crippen molar-refractivity contribution in [2.24, 2.45) is 11.1 Å². The molecule has 0 saturated carbocycles. The van der Waals surface area contributed by atoms with Gasteiger partial charge >= 0.3 is 0 Å². The van der Waals surface area contributed by atoms with Crippen LogP contribution in [0.2, 0.25) is 5.15 Å². The summed E-state index contributed by atoms with van der Waals surface area (Å²) in [6.07, 6.45) is 0.698. The summed E-state index contributed by atoms with van der Waals surface area (Å²) >= 11 is 5.81. The molecule has 4 N–H and O–H groups in total. The van der Waals surface area contributed by atoms with Crippen LogP contribution in [-0.2, 0) is 4.79 Å². The molecule has 2 heterocycles. The molecule has 1 unspecified atom stereocenters. The number of anilines is 2. The summed E-state index contributed by atoms with van der Waals surface area (Å²) < 4.78 is 0. The molecule has 0 aliphatic carbocycles. The van der Waals surface area contributed by atoms with Gasteiger partial charge in [-0.1, -0.05) is 11.6 Å². The summed E-state index contributed by atoms with van der Waals surface area (Å²) in [5, 5.41) is 0.292. The fourth-order valence-electron chi connectivity index (χ4n) is 1.94. The summed E-state index contributed by atoms with van der Waals surface area (Å²) in [4.78, 5) is 21.2. The van der Waals surface area contributed by atoms with Crippen LogP contribution >= 0.6 is 11.6 Å². The van der Waals surface area contributed by atoms with Gasteiger partial charge in [0, 0.05) is 19.2 Å². The molecule has 1 aliphatic heterocycles. The number of halogens is 1. The number of nitrogens with two attached hydrogens (primary N) is 2. The Labute approximate surface area is 104 Å². The van der Waals surface area contributed by atoms with E-state index in [1.54, 1.807) is 6.07 Å². The van der Waals surface area contributed by atoms with Crippen LogP contribution < -0.4 is 16.4 Å². The second-order valence-corrected chi connectivity index (χ2v) is 4.89. The molecule has 92 valence electrons. The maximum atomic E-state index is 11.3. The normalized spacial score (nSPS) is 24.0. The monoisotopic (exact) mass is 255 g/mol. The third-order valence-electron chi connectivity index (χ3n) is 3.09. The molecule has 1 aromatic rings. The highest BCUT2D eigenvalue weighted by atomic mass is 35.5. The average Bonchev–Trinajstić information content (AvgIpc) is 2.61. The number of amides is 1. The van der Waals surface area contributed by atoms with Crippen LogP contribution in [0.3, 0.4) is 0 Å². The van der Waals surface area contributed by atoms with E-state index in [9.17, 15) is 4.79 Å². The molecule has 1 atom stereocenters. The number of nitrogen functional groups attached to an aromatic ring is 1. The standard InChI is InChI=1S/C10H14ClN5O/c1-10(8(12)17)2-3-16(5-10)7-4-6(11)14-9(13)15-7/h4H,2-3,5H2,1H3,(H2,12,17)(H2,13,14,15). The number of carbonyl (C=O) groups excluding carboxylic acids is 1. The van der Waals surface area contributed by atoms with Crippen LogP contribution in [0.1, 0.15) is 13.3 Å². The molecule has 1 aromatic heterocycles. The maximum Gasteiger partial charge on any atom is 0.225 e. The minimum atomic E-state index is -0.522. The summed E-state index contributed by atoms with van der Waals surface area (Å²) in [5.74, 6) is 0.459. The third kappa shape index (κ3) is 2.26. The summed E-state index contributed by atoms with van der Waals surface area (Å²) in [5.41, 5.74) is 10.4. The van der Waals surface area contributed by atoms with E-state index in [1.807, 2.05) is 11.8 Å². The maximum absolute atomic E-state index is 11.3. The van der Waals surface area contributed by atoms with Crippen LogP contribution in [0.5, 0.6) is 0 Å². The quantitative estimate of drug-likeness (QED) is 0.746. The first-order valence-corrected chi connectivity index (χ1v) is 5.63. The number of primary amides is 1. The van der Waals surface area contributed by atoms with Gasteiger partial charge in [0.15, 0.2) is 0 Å². The minimum Gasteiger partial charge on any atom is -0.369 e. The molecule has 7 heteroatoms. The van der Waals surface area contributed by atoms with E-state index in [-0.39, 0.29) is 11.9 Å². The van der Waals surface area contributed by atoms with Crippen molar-refractivity contribution in [2.45, 2.75) is 13.3 Å². The van der Waals surface area contributed by atoms with Gasteiger partial charge in [-0.3, -0.25) is 4.79 Å². The Morgan fingerprint density at radius 1 is 1.59 bits per heavy atom. The van der Waals surface area contributed by atoms with Gasteiger partial charge < -0.3 is 16.4 Å². The topological polar surface area (TPSA) is 98.1 Å². The molecule has 0 radical (unpaired) electrons. The number of nitrogens with zero attached hydrogens (tertiary/aromatic N) is 3. The fraction of sp³-hybridized carbons (Fsp3) is 0.500. The molecule has 0 bridgehead atoms. The number of carbonyl (C=O) groups is 1. The predicted octanol–water partition coefficient (Wildman–Crippen LogP) is 0.414. The number of aromatic nitrogens is 2. The zero-order valence-electron chi connectivity index (χ0n) is 9.48. The van der Waals surface area contributed by atoms with Crippen molar-refractivity contribution in [3.05, 3.63) is 11.2 Å². The lowest BCUT2D eigenvalue weighted by molar-refractivity contribution is -0.125. The van der Waals surface area contributed by atoms with E-state index in [0.29, 0.717) is 30.5 Å². The molecule has 17 heavy (non-hydrogen) atoms. The van der Waals surface area contributed by atoms with Crippen LogP contribution in [0.4, 0.5) is 11.8 Å². The number of rotatable bonds is 2. The van der Waals surface area contributed by atoms with Crippen LogP contribution in [0.15, 0.2) is 6.07 Å². The van der Waals surface area contributed by atoms with Crippen molar-refractivity contribution < 1.29 is 4.79 Å². The van der Waals surface area contributed by atoms with Crippen molar-refractivity contribution in [3.8, 4) is 0 Å². The molecule has 0 aromatic carbocycles. The Morgan fingerprint density at radius 3 is 2.82 bits per heavy atom. The summed E-state index contributed by atoms with van der Waals surface area (Å²) in [7, 11) is 0. The Bertz CT molecular complexity index is 446. The molecule has 1 aliphatic rings. The van der Waals surface area contributed by atoms with Gasteiger partial charge in [0.2, 0.25) is 11.9 Å². The van der Waals surface area contributed by atoms with Crippen LogP contribution in [0, 0.1) is 5.41 Å². The average molecular weight is 256 g/mol. The van der Waals surface area contributed by atoms with Crippen molar-refractivity contribution >= 4 is 29.3 Å². The van der Waals surface area contributed by atoms with E-state index in [0.717, 1.165) is 0 Å². The third-order valence-corrected chi connectivity index (χ3v) is 3.28. The second-order valence-electron chi connectivity index (χ2n) is 4.50. The molecule has 1 saturated heterocycles. The van der Waals surface area contributed by atoms with Gasteiger partial charge in [-0.05, 0) is 13.3 Å². The number of hydrogen-bond donors (Lipinski definition) is 2. The summed E-state index contributed by atoms with van der Waals surface area (Å²) in [6, 6.07) is 1.63. The van der Waals surface area contributed by atoms with Gasteiger partial charge in [0.25, 0.3) is 0 Å². The van der Waals surface area contributed by atoms with Crippen molar-refractivity contribution in [2.75, 3.05) is 23.7 Å². The molecule has 1 amide bonds. The molecular formula is C10H14ClN5O. The van der Waals surface area contributed by atoms with Gasteiger partial charge in [-0.25, -0.2) is 4.98 Å². The molecular weight excluding hydrogens is 242 g/mol. The zero-order chi connectivity index (χ0) is 12.6. The van der Waals surface area contributed by atoms with Crippen LogP contribution in [-0.4, -0.2) is 29.0 Å². The SMILES string of the molecule is CC1(C(N)=O)CCN(c2cc(Cl)nc(N)n2)C1. The van der Waals surface area contributed by atoms with Gasteiger partial charge in [-0.2, -0.15) is 4.98 Å².